The number of imidazole rings is 1. The van der Waals surface area contributed by atoms with Gasteiger partial charge in [-0.25, -0.2) is 9.67 Å². The van der Waals surface area contributed by atoms with E-state index in [2.05, 4.69) is 15.6 Å². The van der Waals surface area contributed by atoms with Crippen LogP contribution in [0.1, 0.15) is 25.7 Å². The van der Waals surface area contributed by atoms with E-state index < -0.39 is 0 Å². The SMILES string of the molecule is CC(C)C(NC(=O)Cn1nnc2ccccc2c1=O)c1nc2ccccc2n1C. The second-order valence-corrected chi connectivity index (χ2v) is 7.38. The molecule has 148 valence electrons. The average molecular weight is 390 g/mol. The summed E-state index contributed by atoms with van der Waals surface area (Å²) < 4.78 is 3.08. The van der Waals surface area contributed by atoms with Gasteiger partial charge in [-0.2, -0.15) is 0 Å². The fourth-order valence-corrected chi connectivity index (χ4v) is 3.45. The van der Waals surface area contributed by atoms with Crippen molar-refractivity contribution in [3.05, 3.63) is 64.7 Å². The highest BCUT2D eigenvalue weighted by Crippen LogP contribution is 2.24. The highest BCUT2D eigenvalue weighted by atomic mass is 16.2. The molecule has 2 heterocycles. The molecule has 4 aromatic rings. The lowest BCUT2D eigenvalue weighted by molar-refractivity contribution is -0.123. The monoisotopic (exact) mass is 390 g/mol. The summed E-state index contributed by atoms with van der Waals surface area (Å²) in [6.07, 6.45) is 0. The maximum Gasteiger partial charge on any atom is 0.278 e. The van der Waals surface area contributed by atoms with Gasteiger partial charge in [-0.3, -0.25) is 9.59 Å². The highest BCUT2D eigenvalue weighted by molar-refractivity contribution is 5.79. The second kappa shape index (κ2) is 7.46. The van der Waals surface area contributed by atoms with Gasteiger partial charge in [0.15, 0.2) is 0 Å². The summed E-state index contributed by atoms with van der Waals surface area (Å²) in [6.45, 7) is 3.84. The van der Waals surface area contributed by atoms with Gasteiger partial charge in [-0.05, 0) is 30.2 Å². The molecular formula is C21H22N6O2. The molecule has 0 radical (unpaired) electrons. The molecule has 8 nitrogen and oxygen atoms in total. The number of nitrogens with one attached hydrogen (secondary N) is 1. The van der Waals surface area contributed by atoms with E-state index in [1.54, 1.807) is 24.3 Å². The van der Waals surface area contributed by atoms with Crippen LogP contribution in [-0.2, 0) is 18.4 Å². The molecule has 0 spiro atoms. The minimum absolute atomic E-state index is 0.105. The van der Waals surface area contributed by atoms with Crippen LogP contribution in [0.2, 0.25) is 0 Å². The average Bonchev–Trinajstić information content (AvgIpc) is 3.05. The molecule has 1 atom stereocenters. The van der Waals surface area contributed by atoms with Crippen LogP contribution in [0, 0.1) is 5.92 Å². The smallest absolute Gasteiger partial charge is 0.278 e. The number of rotatable bonds is 5. The Morgan fingerprint density at radius 3 is 2.48 bits per heavy atom. The van der Waals surface area contributed by atoms with Crippen molar-refractivity contribution < 1.29 is 4.79 Å². The summed E-state index contributed by atoms with van der Waals surface area (Å²) in [5.74, 6) is 0.558. The van der Waals surface area contributed by atoms with E-state index in [1.165, 1.54) is 0 Å². The molecule has 0 aliphatic heterocycles. The molecule has 2 aromatic carbocycles. The van der Waals surface area contributed by atoms with Crippen LogP contribution < -0.4 is 10.9 Å². The molecule has 0 aliphatic carbocycles. The van der Waals surface area contributed by atoms with E-state index in [0.29, 0.717) is 10.9 Å². The maximum atomic E-state index is 12.7. The number of aromatic nitrogens is 5. The van der Waals surface area contributed by atoms with Crippen molar-refractivity contribution in [1.82, 2.24) is 29.9 Å². The van der Waals surface area contributed by atoms with E-state index in [1.807, 2.05) is 49.7 Å². The van der Waals surface area contributed by atoms with Crippen LogP contribution in [0.15, 0.2) is 53.3 Å². The first kappa shape index (κ1) is 18.8. The summed E-state index contributed by atoms with van der Waals surface area (Å²) >= 11 is 0. The maximum absolute atomic E-state index is 12.7. The van der Waals surface area contributed by atoms with Gasteiger partial charge >= 0.3 is 0 Å². The zero-order chi connectivity index (χ0) is 20.5. The predicted molar refractivity (Wildman–Crippen MR) is 110 cm³/mol. The fourth-order valence-electron chi connectivity index (χ4n) is 3.45. The Hall–Kier alpha value is -3.55. The van der Waals surface area contributed by atoms with Crippen LogP contribution in [0.3, 0.4) is 0 Å². The Bertz CT molecular complexity index is 1260. The largest absolute Gasteiger partial charge is 0.344 e. The molecular weight excluding hydrogens is 368 g/mol. The van der Waals surface area contributed by atoms with Crippen LogP contribution in [0.25, 0.3) is 21.9 Å². The van der Waals surface area contributed by atoms with Gasteiger partial charge in [-0.1, -0.05) is 43.3 Å². The van der Waals surface area contributed by atoms with Gasteiger partial charge in [0.1, 0.15) is 17.9 Å². The Morgan fingerprint density at radius 1 is 1.07 bits per heavy atom. The highest BCUT2D eigenvalue weighted by Gasteiger charge is 2.24. The molecule has 1 amide bonds. The van der Waals surface area contributed by atoms with Crippen LogP contribution in [0.4, 0.5) is 0 Å². The quantitative estimate of drug-likeness (QED) is 0.564. The molecule has 1 unspecified atom stereocenters. The summed E-state index contributed by atoms with van der Waals surface area (Å²) in [5.41, 5.74) is 2.05. The molecule has 0 saturated heterocycles. The molecule has 29 heavy (non-hydrogen) atoms. The van der Waals surface area contributed by atoms with Crippen molar-refractivity contribution in [2.45, 2.75) is 26.4 Å². The number of carbonyl (C=O) groups excluding carboxylic acids is 1. The number of hydrogen-bond acceptors (Lipinski definition) is 5. The number of aryl methyl sites for hydroxylation is 1. The number of carbonyl (C=O) groups is 1. The normalized spacial score (nSPS) is 12.6. The first-order valence-corrected chi connectivity index (χ1v) is 9.49. The van der Waals surface area contributed by atoms with E-state index in [4.69, 9.17) is 4.98 Å². The van der Waals surface area contributed by atoms with Crippen molar-refractivity contribution >= 4 is 27.8 Å². The number of nitrogens with zero attached hydrogens (tertiary/aromatic N) is 5. The minimum Gasteiger partial charge on any atom is -0.344 e. The Kier molecular flexibility index (Phi) is 4.84. The Labute approximate surface area is 167 Å². The number of hydrogen-bond donors (Lipinski definition) is 1. The van der Waals surface area contributed by atoms with E-state index in [0.717, 1.165) is 21.5 Å². The third-order valence-electron chi connectivity index (χ3n) is 5.01. The van der Waals surface area contributed by atoms with Gasteiger partial charge in [0, 0.05) is 7.05 Å². The standard InChI is InChI=1S/C21H22N6O2/c1-13(2)19(20-22-16-10-6-7-11-17(16)26(20)3)23-18(28)12-27-21(29)14-8-4-5-9-15(14)24-25-27/h4-11,13,19H,12H2,1-3H3,(H,23,28). The molecule has 8 heteroatoms. The van der Waals surface area contributed by atoms with E-state index >= 15 is 0 Å². The summed E-state index contributed by atoms with van der Waals surface area (Å²) in [7, 11) is 1.94. The molecule has 4 rings (SSSR count). The van der Waals surface area contributed by atoms with Crippen LogP contribution >= 0.6 is 0 Å². The van der Waals surface area contributed by atoms with Crippen molar-refractivity contribution in [3.63, 3.8) is 0 Å². The topological polar surface area (TPSA) is 94.7 Å². The van der Waals surface area contributed by atoms with Crippen molar-refractivity contribution in [1.29, 1.82) is 0 Å². The first-order chi connectivity index (χ1) is 14.0. The summed E-state index contributed by atoms with van der Waals surface area (Å²) in [4.78, 5) is 30.0. The number of para-hydroxylation sites is 2. The number of fused-ring (bicyclic) bond motifs is 2. The third kappa shape index (κ3) is 3.49. The molecule has 0 bridgehead atoms. The van der Waals surface area contributed by atoms with Crippen LogP contribution in [-0.4, -0.2) is 30.5 Å². The van der Waals surface area contributed by atoms with Crippen molar-refractivity contribution in [3.8, 4) is 0 Å². The van der Waals surface area contributed by atoms with E-state index in [9.17, 15) is 9.59 Å². The van der Waals surface area contributed by atoms with Crippen molar-refractivity contribution in [2.24, 2.45) is 13.0 Å². The van der Waals surface area contributed by atoms with Gasteiger partial charge < -0.3 is 9.88 Å². The molecule has 0 fully saturated rings. The lowest BCUT2D eigenvalue weighted by Crippen LogP contribution is -2.38. The minimum atomic E-state index is -0.338. The lowest BCUT2D eigenvalue weighted by Gasteiger charge is -2.22. The van der Waals surface area contributed by atoms with Crippen LogP contribution in [0.5, 0.6) is 0 Å². The lowest BCUT2D eigenvalue weighted by atomic mass is 10.0. The first-order valence-electron chi connectivity index (χ1n) is 9.49. The zero-order valence-electron chi connectivity index (χ0n) is 16.5. The predicted octanol–water partition coefficient (Wildman–Crippen LogP) is 2.19. The summed E-state index contributed by atoms with van der Waals surface area (Å²) in [6, 6.07) is 14.5. The van der Waals surface area contributed by atoms with Gasteiger partial charge in [0.25, 0.3) is 5.56 Å². The third-order valence-corrected chi connectivity index (χ3v) is 5.01. The molecule has 1 N–H and O–H groups in total. The fraction of sp³-hybridized carbons (Fsp3) is 0.286. The van der Waals surface area contributed by atoms with Crippen molar-refractivity contribution in [2.75, 3.05) is 0 Å². The molecule has 0 saturated carbocycles. The Morgan fingerprint density at radius 2 is 1.76 bits per heavy atom. The molecule has 0 aliphatic rings. The summed E-state index contributed by atoms with van der Waals surface area (Å²) in [5, 5.41) is 11.4. The second-order valence-electron chi connectivity index (χ2n) is 7.38. The number of amides is 1. The zero-order valence-corrected chi connectivity index (χ0v) is 16.5. The van der Waals surface area contributed by atoms with Gasteiger partial charge in [0.05, 0.1) is 22.5 Å². The number of benzene rings is 2. The Balaban J connectivity index is 1.61. The van der Waals surface area contributed by atoms with Gasteiger partial charge in [0.2, 0.25) is 5.91 Å². The van der Waals surface area contributed by atoms with Gasteiger partial charge in [-0.15, -0.1) is 5.10 Å². The van der Waals surface area contributed by atoms with E-state index in [-0.39, 0.29) is 30.0 Å². The molecule has 2 aromatic heterocycles.